The molecule has 1 saturated carbocycles. The Morgan fingerprint density at radius 1 is 1.27 bits per heavy atom. The van der Waals surface area contributed by atoms with Crippen molar-refractivity contribution in [2.24, 2.45) is 5.92 Å². The minimum atomic E-state index is -4.25. The average molecular weight is 225 g/mol. The highest BCUT2D eigenvalue weighted by atomic mass is 19.4. The highest BCUT2D eigenvalue weighted by Gasteiger charge is 2.29. The van der Waals surface area contributed by atoms with Crippen LogP contribution in [-0.2, 0) is 4.84 Å². The molecule has 0 aromatic rings. The van der Waals surface area contributed by atoms with Gasteiger partial charge in [-0.3, -0.25) is 4.84 Å². The standard InChI is InChI=1S/C10H18F3NO/c1-2-8-5-3-4-6-9(8)14-15-7-10(11,12)13/h8-9,14H,2-7H2,1H3. The van der Waals surface area contributed by atoms with Gasteiger partial charge >= 0.3 is 6.18 Å². The maximum absolute atomic E-state index is 11.8. The first-order chi connectivity index (χ1) is 7.03. The molecule has 0 aliphatic heterocycles. The van der Waals surface area contributed by atoms with E-state index in [9.17, 15) is 13.2 Å². The van der Waals surface area contributed by atoms with Gasteiger partial charge in [-0.25, -0.2) is 0 Å². The van der Waals surface area contributed by atoms with Gasteiger partial charge in [0.15, 0.2) is 6.61 Å². The minimum absolute atomic E-state index is 0.0890. The van der Waals surface area contributed by atoms with Gasteiger partial charge in [0.05, 0.1) is 0 Å². The first-order valence-corrected chi connectivity index (χ1v) is 5.47. The first-order valence-electron chi connectivity index (χ1n) is 5.47. The van der Waals surface area contributed by atoms with Crippen LogP contribution in [0.2, 0.25) is 0 Å². The van der Waals surface area contributed by atoms with E-state index in [-0.39, 0.29) is 6.04 Å². The number of halogens is 3. The van der Waals surface area contributed by atoms with Gasteiger partial charge in [0.2, 0.25) is 0 Å². The normalized spacial score (nSPS) is 28.0. The number of nitrogens with one attached hydrogen (secondary N) is 1. The van der Waals surface area contributed by atoms with Crippen LogP contribution in [0.15, 0.2) is 0 Å². The third kappa shape index (κ3) is 4.84. The molecule has 2 atom stereocenters. The Labute approximate surface area is 88.1 Å². The van der Waals surface area contributed by atoms with Gasteiger partial charge < -0.3 is 0 Å². The van der Waals surface area contributed by atoms with E-state index >= 15 is 0 Å². The SMILES string of the molecule is CCC1CCCCC1NOCC(F)(F)F. The van der Waals surface area contributed by atoms with Crippen LogP contribution in [0, 0.1) is 5.92 Å². The van der Waals surface area contributed by atoms with Gasteiger partial charge in [-0.15, -0.1) is 0 Å². The highest BCUT2D eigenvalue weighted by molar-refractivity contribution is 4.77. The fourth-order valence-corrected chi connectivity index (χ4v) is 2.08. The minimum Gasteiger partial charge on any atom is -0.292 e. The van der Waals surface area contributed by atoms with Crippen LogP contribution < -0.4 is 5.48 Å². The molecule has 0 radical (unpaired) electrons. The molecule has 1 aliphatic carbocycles. The third-order valence-electron chi connectivity index (χ3n) is 2.90. The number of hydrogen-bond acceptors (Lipinski definition) is 2. The largest absolute Gasteiger partial charge is 0.413 e. The van der Waals surface area contributed by atoms with Crippen LogP contribution >= 0.6 is 0 Å². The zero-order valence-corrected chi connectivity index (χ0v) is 8.94. The first kappa shape index (κ1) is 12.8. The molecule has 15 heavy (non-hydrogen) atoms. The van der Waals surface area contributed by atoms with Crippen LogP contribution in [-0.4, -0.2) is 18.8 Å². The summed E-state index contributed by atoms with van der Waals surface area (Å²) in [6.45, 7) is 0.856. The molecule has 0 aromatic heterocycles. The lowest BCUT2D eigenvalue weighted by Gasteiger charge is -2.31. The quantitative estimate of drug-likeness (QED) is 0.742. The summed E-state index contributed by atoms with van der Waals surface area (Å²) in [7, 11) is 0. The maximum atomic E-state index is 11.8. The number of hydrogen-bond donors (Lipinski definition) is 1. The maximum Gasteiger partial charge on any atom is 0.413 e. The molecule has 2 unspecified atom stereocenters. The molecular weight excluding hydrogens is 207 g/mol. The zero-order chi connectivity index (χ0) is 11.3. The molecular formula is C10H18F3NO. The summed E-state index contributed by atoms with van der Waals surface area (Å²) >= 11 is 0. The lowest BCUT2D eigenvalue weighted by atomic mass is 9.83. The Balaban J connectivity index is 2.23. The molecule has 1 fully saturated rings. The van der Waals surface area contributed by atoms with E-state index in [1.165, 1.54) is 6.42 Å². The fraction of sp³-hybridized carbons (Fsp3) is 1.00. The van der Waals surface area contributed by atoms with Gasteiger partial charge in [0.1, 0.15) is 0 Å². The van der Waals surface area contributed by atoms with Gasteiger partial charge in [-0.2, -0.15) is 18.7 Å². The molecule has 1 aliphatic rings. The van der Waals surface area contributed by atoms with Crippen LogP contribution in [0.25, 0.3) is 0 Å². The van der Waals surface area contributed by atoms with Crippen molar-refractivity contribution >= 4 is 0 Å². The predicted octanol–water partition coefficient (Wildman–Crippen LogP) is 3.04. The third-order valence-corrected chi connectivity index (χ3v) is 2.90. The predicted molar refractivity (Wildman–Crippen MR) is 51.2 cm³/mol. The monoisotopic (exact) mass is 225 g/mol. The summed E-state index contributed by atoms with van der Waals surface area (Å²) in [6.07, 6.45) is 0.996. The van der Waals surface area contributed by atoms with Crippen molar-refractivity contribution in [3.63, 3.8) is 0 Å². The van der Waals surface area contributed by atoms with Gasteiger partial charge in [-0.05, 0) is 18.8 Å². The van der Waals surface area contributed by atoms with Gasteiger partial charge in [0.25, 0.3) is 0 Å². The van der Waals surface area contributed by atoms with E-state index in [1.807, 2.05) is 0 Å². The summed E-state index contributed by atoms with van der Waals surface area (Å²) < 4.78 is 35.5. The summed E-state index contributed by atoms with van der Waals surface area (Å²) in [6, 6.07) is 0.0890. The molecule has 0 aromatic carbocycles. The molecule has 0 bridgehead atoms. The van der Waals surface area contributed by atoms with E-state index in [2.05, 4.69) is 17.2 Å². The number of hydroxylamine groups is 1. The summed E-state index contributed by atoms with van der Waals surface area (Å²) in [5, 5.41) is 0. The topological polar surface area (TPSA) is 21.3 Å². The number of rotatable bonds is 4. The van der Waals surface area contributed by atoms with Crippen LogP contribution in [0.3, 0.4) is 0 Å². The smallest absolute Gasteiger partial charge is 0.292 e. The van der Waals surface area contributed by atoms with Crippen molar-refractivity contribution in [2.75, 3.05) is 6.61 Å². The molecule has 2 nitrogen and oxygen atoms in total. The Bertz CT molecular complexity index is 184. The lowest BCUT2D eigenvalue weighted by molar-refractivity contribution is -0.195. The summed E-state index contributed by atoms with van der Waals surface area (Å²) in [4.78, 5) is 4.49. The average Bonchev–Trinajstić information content (AvgIpc) is 2.16. The molecule has 0 spiro atoms. The summed E-state index contributed by atoms with van der Waals surface area (Å²) in [5.41, 5.74) is 2.56. The van der Waals surface area contributed by atoms with Crippen molar-refractivity contribution in [3.8, 4) is 0 Å². The molecule has 5 heteroatoms. The summed E-state index contributed by atoms with van der Waals surface area (Å²) in [5.74, 6) is 0.451. The molecule has 1 rings (SSSR count). The van der Waals surface area contributed by atoms with Crippen LogP contribution in [0.4, 0.5) is 13.2 Å². The second kappa shape index (κ2) is 5.70. The molecule has 0 saturated heterocycles. The van der Waals surface area contributed by atoms with E-state index < -0.39 is 12.8 Å². The van der Waals surface area contributed by atoms with Gasteiger partial charge in [-0.1, -0.05) is 26.2 Å². The van der Waals surface area contributed by atoms with E-state index in [4.69, 9.17) is 0 Å². The number of alkyl halides is 3. The van der Waals surface area contributed by atoms with Crippen molar-refractivity contribution in [1.82, 2.24) is 5.48 Å². The zero-order valence-electron chi connectivity index (χ0n) is 8.94. The molecule has 0 amide bonds. The Kier molecular flexibility index (Phi) is 4.86. The van der Waals surface area contributed by atoms with Crippen molar-refractivity contribution in [1.29, 1.82) is 0 Å². The Hall–Kier alpha value is -0.290. The second-order valence-corrected chi connectivity index (χ2v) is 4.08. The second-order valence-electron chi connectivity index (χ2n) is 4.08. The molecule has 90 valence electrons. The van der Waals surface area contributed by atoms with Crippen molar-refractivity contribution < 1.29 is 18.0 Å². The Morgan fingerprint density at radius 2 is 1.93 bits per heavy atom. The fourth-order valence-electron chi connectivity index (χ4n) is 2.08. The van der Waals surface area contributed by atoms with E-state index in [0.717, 1.165) is 25.7 Å². The van der Waals surface area contributed by atoms with Gasteiger partial charge in [0, 0.05) is 6.04 Å². The van der Waals surface area contributed by atoms with Crippen molar-refractivity contribution in [3.05, 3.63) is 0 Å². The van der Waals surface area contributed by atoms with Crippen molar-refractivity contribution in [2.45, 2.75) is 51.2 Å². The Morgan fingerprint density at radius 3 is 2.53 bits per heavy atom. The van der Waals surface area contributed by atoms with E-state index in [0.29, 0.717) is 5.92 Å². The van der Waals surface area contributed by atoms with E-state index in [1.54, 1.807) is 0 Å². The highest BCUT2D eigenvalue weighted by Crippen LogP contribution is 2.27. The molecule has 0 heterocycles. The van der Waals surface area contributed by atoms with Crippen LogP contribution in [0.1, 0.15) is 39.0 Å². The van der Waals surface area contributed by atoms with Crippen LogP contribution in [0.5, 0.6) is 0 Å². The molecule has 1 N–H and O–H groups in total. The lowest BCUT2D eigenvalue weighted by Crippen LogP contribution is -2.40.